The highest BCUT2D eigenvalue weighted by Crippen LogP contribution is 2.29. The van der Waals surface area contributed by atoms with Gasteiger partial charge < -0.3 is 10.2 Å². The molecule has 0 aromatic heterocycles. The number of nitrogens with zero attached hydrogens (tertiary/aromatic N) is 2. The summed E-state index contributed by atoms with van der Waals surface area (Å²) in [5, 5.41) is 2.91. The molecule has 0 aliphatic rings. The lowest BCUT2D eigenvalue weighted by atomic mass is 10.1. The summed E-state index contributed by atoms with van der Waals surface area (Å²) in [6, 6.07) is 18.9. The number of carbonyl (C=O) groups excluding carboxylic acids is 2. The van der Waals surface area contributed by atoms with E-state index in [1.54, 1.807) is 43.3 Å². The molecule has 2 amide bonds. The van der Waals surface area contributed by atoms with Gasteiger partial charge in [0, 0.05) is 13.1 Å². The summed E-state index contributed by atoms with van der Waals surface area (Å²) in [6.45, 7) is 11.6. The third-order valence-corrected chi connectivity index (χ3v) is 8.94. The summed E-state index contributed by atoms with van der Waals surface area (Å²) in [5.74, 6) is -0.731. The molecule has 0 heterocycles. The van der Waals surface area contributed by atoms with Crippen LogP contribution in [-0.4, -0.2) is 44.3 Å². The fraction of sp³-hybridized carbons (Fsp3) is 0.375. The summed E-state index contributed by atoms with van der Waals surface area (Å²) in [4.78, 5) is 28.7. The lowest BCUT2D eigenvalue weighted by Gasteiger charge is -2.32. The predicted octanol–water partition coefficient (Wildman–Crippen LogP) is 5.45. The molecular formula is C32H41N3O4S. The maximum absolute atomic E-state index is 14.1. The van der Waals surface area contributed by atoms with Crippen molar-refractivity contribution < 1.29 is 18.0 Å². The van der Waals surface area contributed by atoms with E-state index in [-0.39, 0.29) is 17.3 Å². The molecule has 0 saturated heterocycles. The number of anilines is 1. The van der Waals surface area contributed by atoms with Crippen molar-refractivity contribution in [1.29, 1.82) is 0 Å². The third kappa shape index (κ3) is 7.50. The highest BCUT2D eigenvalue weighted by atomic mass is 32.2. The molecule has 3 aromatic rings. The molecule has 0 saturated carbocycles. The molecule has 40 heavy (non-hydrogen) atoms. The molecule has 0 radical (unpaired) electrons. The number of sulfonamides is 1. The zero-order valence-electron chi connectivity index (χ0n) is 24.4. The van der Waals surface area contributed by atoms with Gasteiger partial charge in [0.05, 0.1) is 10.6 Å². The maximum Gasteiger partial charge on any atom is 0.264 e. The standard InChI is InChI=1S/C32H41N3O4S/c1-7-8-19-33-32(37)27(6)34(21-28-13-9-11-24(3)20-28)31(36)22-35(30-14-10-12-25(4)26(30)5)40(38,39)29-17-15-23(2)16-18-29/h9-18,20,27H,7-8,19,21-22H2,1-6H3,(H,33,37). The highest BCUT2D eigenvalue weighted by molar-refractivity contribution is 7.92. The van der Waals surface area contributed by atoms with E-state index >= 15 is 0 Å². The van der Waals surface area contributed by atoms with Gasteiger partial charge >= 0.3 is 0 Å². The van der Waals surface area contributed by atoms with Crippen LogP contribution in [0.15, 0.2) is 71.6 Å². The van der Waals surface area contributed by atoms with Gasteiger partial charge in [-0.1, -0.05) is 73.0 Å². The van der Waals surface area contributed by atoms with E-state index in [4.69, 9.17) is 0 Å². The molecule has 3 rings (SSSR count). The van der Waals surface area contributed by atoms with Crippen LogP contribution in [0.3, 0.4) is 0 Å². The first-order chi connectivity index (χ1) is 18.9. The minimum Gasteiger partial charge on any atom is -0.354 e. The first-order valence-corrected chi connectivity index (χ1v) is 15.2. The number of hydrogen-bond donors (Lipinski definition) is 1. The molecule has 1 unspecified atom stereocenters. The van der Waals surface area contributed by atoms with E-state index in [0.29, 0.717) is 12.2 Å². The Morgan fingerprint density at radius 2 is 1.57 bits per heavy atom. The normalized spacial score (nSPS) is 12.1. The minimum atomic E-state index is -4.10. The molecule has 0 spiro atoms. The Morgan fingerprint density at radius 3 is 2.23 bits per heavy atom. The largest absolute Gasteiger partial charge is 0.354 e. The van der Waals surface area contributed by atoms with E-state index in [2.05, 4.69) is 5.32 Å². The Hall–Kier alpha value is -3.65. The van der Waals surface area contributed by atoms with Crippen molar-refractivity contribution >= 4 is 27.5 Å². The predicted molar refractivity (Wildman–Crippen MR) is 161 cm³/mol. The van der Waals surface area contributed by atoms with E-state index in [0.717, 1.165) is 40.7 Å². The average Bonchev–Trinajstić information content (AvgIpc) is 2.92. The molecule has 0 aliphatic heterocycles. The number of carbonyl (C=O) groups is 2. The average molecular weight is 564 g/mol. The van der Waals surface area contributed by atoms with E-state index in [1.165, 1.54) is 9.21 Å². The van der Waals surface area contributed by atoms with Crippen LogP contribution in [0.5, 0.6) is 0 Å². The third-order valence-electron chi connectivity index (χ3n) is 7.16. The summed E-state index contributed by atoms with van der Waals surface area (Å²) >= 11 is 0. The first kappa shape index (κ1) is 30.9. The van der Waals surface area contributed by atoms with Crippen LogP contribution in [-0.2, 0) is 26.2 Å². The van der Waals surface area contributed by atoms with Gasteiger partial charge in [-0.2, -0.15) is 0 Å². The van der Waals surface area contributed by atoms with Crippen LogP contribution in [0.2, 0.25) is 0 Å². The number of nitrogens with one attached hydrogen (secondary N) is 1. The Kier molecular flexibility index (Phi) is 10.5. The van der Waals surface area contributed by atoms with E-state index < -0.39 is 28.5 Å². The quantitative estimate of drug-likeness (QED) is 0.297. The zero-order chi connectivity index (χ0) is 29.4. The van der Waals surface area contributed by atoms with Crippen LogP contribution in [0.4, 0.5) is 5.69 Å². The van der Waals surface area contributed by atoms with Crippen molar-refractivity contribution in [2.24, 2.45) is 0 Å². The van der Waals surface area contributed by atoms with Gasteiger partial charge in [-0.3, -0.25) is 13.9 Å². The lowest BCUT2D eigenvalue weighted by Crippen LogP contribution is -2.51. The molecule has 7 nitrogen and oxygen atoms in total. The van der Waals surface area contributed by atoms with Gasteiger partial charge in [0.15, 0.2) is 0 Å². The van der Waals surface area contributed by atoms with Crippen LogP contribution >= 0.6 is 0 Å². The summed E-state index contributed by atoms with van der Waals surface area (Å²) in [5.41, 5.74) is 4.94. The van der Waals surface area contributed by atoms with Gasteiger partial charge in [-0.15, -0.1) is 0 Å². The summed E-state index contributed by atoms with van der Waals surface area (Å²) in [6.07, 6.45) is 1.77. The van der Waals surface area contributed by atoms with Crippen molar-refractivity contribution in [2.45, 2.75) is 71.9 Å². The van der Waals surface area contributed by atoms with Gasteiger partial charge in [-0.25, -0.2) is 8.42 Å². The number of unbranched alkanes of at least 4 members (excludes halogenated alkanes) is 1. The Balaban J connectivity index is 2.04. The first-order valence-electron chi connectivity index (χ1n) is 13.7. The molecule has 0 aliphatic carbocycles. The second-order valence-corrected chi connectivity index (χ2v) is 12.2. The number of hydrogen-bond acceptors (Lipinski definition) is 4. The highest BCUT2D eigenvalue weighted by Gasteiger charge is 2.33. The van der Waals surface area contributed by atoms with Crippen LogP contribution in [0.1, 0.15) is 54.5 Å². The molecule has 0 fully saturated rings. The van der Waals surface area contributed by atoms with Gasteiger partial charge in [-0.05, 0) is 75.9 Å². The number of amides is 2. The van der Waals surface area contributed by atoms with Crippen LogP contribution in [0.25, 0.3) is 0 Å². The minimum absolute atomic E-state index is 0.0994. The topological polar surface area (TPSA) is 86.8 Å². The Morgan fingerprint density at radius 1 is 0.900 bits per heavy atom. The molecule has 1 atom stereocenters. The maximum atomic E-state index is 14.1. The van der Waals surface area contributed by atoms with Gasteiger partial charge in [0.1, 0.15) is 12.6 Å². The lowest BCUT2D eigenvalue weighted by molar-refractivity contribution is -0.139. The zero-order valence-corrected chi connectivity index (χ0v) is 25.2. The number of benzene rings is 3. The summed E-state index contributed by atoms with van der Waals surface area (Å²) < 4.78 is 29.2. The molecule has 0 bridgehead atoms. The monoisotopic (exact) mass is 563 g/mol. The second kappa shape index (κ2) is 13.6. The van der Waals surface area contributed by atoms with Crippen molar-refractivity contribution in [3.8, 4) is 0 Å². The van der Waals surface area contributed by atoms with Crippen LogP contribution in [0, 0.1) is 27.7 Å². The Labute approximate surface area is 239 Å². The van der Waals surface area contributed by atoms with E-state index in [1.807, 2.05) is 65.0 Å². The number of rotatable bonds is 12. The van der Waals surface area contributed by atoms with Gasteiger partial charge in [0.25, 0.3) is 10.0 Å². The molecule has 3 aromatic carbocycles. The molecule has 8 heteroatoms. The van der Waals surface area contributed by atoms with Crippen LogP contribution < -0.4 is 9.62 Å². The Bertz CT molecular complexity index is 1430. The molecule has 1 N–H and O–H groups in total. The van der Waals surface area contributed by atoms with Crippen molar-refractivity contribution in [3.05, 3.63) is 94.5 Å². The van der Waals surface area contributed by atoms with Crippen molar-refractivity contribution in [1.82, 2.24) is 10.2 Å². The molecular weight excluding hydrogens is 522 g/mol. The second-order valence-electron chi connectivity index (χ2n) is 10.4. The SMILES string of the molecule is CCCCNC(=O)C(C)N(Cc1cccc(C)c1)C(=O)CN(c1cccc(C)c1C)S(=O)(=O)c1ccc(C)cc1. The number of aryl methyl sites for hydroxylation is 3. The fourth-order valence-corrected chi connectivity index (χ4v) is 5.95. The van der Waals surface area contributed by atoms with Gasteiger partial charge in [0.2, 0.25) is 11.8 Å². The fourth-order valence-electron chi connectivity index (χ4n) is 4.48. The van der Waals surface area contributed by atoms with E-state index in [9.17, 15) is 18.0 Å². The summed E-state index contributed by atoms with van der Waals surface area (Å²) in [7, 11) is -4.10. The van der Waals surface area contributed by atoms with Crippen molar-refractivity contribution in [3.63, 3.8) is 0 Å². The smallest absolute Gasteiger partial charge is 0.264 e. The van der Waals surface area contributed by atoms with Crippen molar-refractivity contribution in [2.75, 3.05) is 17.4 Å². The molecule has 214 valence electrons.